The second-order valence-electron chi connectivity index (χ2n) is 7.94. The number of sulfonamides is 1. The first-order valence-electron chi connectivity index (χ1n) is 11.1. The highest BCUT2D eigenvalue weighted by Gasteiger charge is 2.32. The monoisotopic (exact) mass is 495 g/mol. The minimum absolute atomic E-state index is 0.0479. The zero-order valence-electron chi connectivity index (χ0n) is 19.6. The van der Waals surface area contributed by atoms with Crippen LogP contribution >= 0.6 is 0 Å². The summed E-state index contributed by atoms with van der Waals surface area (Å²) in [6.07, 6.45) is 2.79. The average molecular weight is 496 g/mol. The van der Waals surface area contributed by atoms with Crippen molar-refractivity contribution in [3.8, 4) is 0 Å². The lowest BCUT2D eigenvalue weighted by atomic mass is 10.1. The molecule has 186 valence electrons. The number of hydrogen-bond donors (Lipinski definition) is 1. The molecular formula is C24H31F2N3O4S. The van der Waals surface area contributed by atoms with Crippen molar-refractivity contribution in [3.63, 3.8) is 0 Å². The number of carbonyl (C=O) groups excluding carboxylic acids is 2. The first-order chi connectivity index (χ1) is 16.1. The normalized spacial score (nSPS) is 12.1. The fraction of sp³-hybridized carbons (Fsp3) is 0.417. The third-order valence-corrected chi connectivity index (χ3v) is 6.41. The van der Waals surface area contributed by atoms with Crippen LogP contribution in [0.3, 0.4) is 0 Å². The van der Waals surface area contributed by atoms with Gasteiger partial charge in [-0.1, -0.05) is 44.5 Å². The second-order valence-corrected chi connectivity index (χ2v) is 9.84. The molecule has 0 heterocycles. The third-order valence-electron chi connectivity index (χ3n) is 5.28. The standard InChI is InChI=1S/C24H31F2N3O4S/c1-4-6-15-27-24(31)21(5-2)28(16-18-11-13-19(25)14-12-18)23(30)17-29(34(3,32)33)22-10-8-7-9-20(22)26/h7-14,21H,4-6,15-17H2,1-3H3,(H,27,31)/t21-/m1/s1. The number of rotatable bonds is 12. The summed E-state index contributed by atoms with van der Waals surface area (Å²) in [6.45, 7) is 3.42. The maximum atomic E-state index is 14.4. The van der Waals surface area contributed by atoms with Crippen LogP contribution in [0.2, 0.25) is 0 Å². The van der Waals surface area contributed by atoms with E-state index in [-0.39, 0.29) is 24.6 Å². The van der Waals surface area contributed by atoms with E-state index in [0.717, 1.165) is 25.2 Å². The molecule has 0 aliphatic heterocycles. The van der Waals surface area contributed by atoms with Gasteiger partial charge in [0.05, 0.1) is 11.9 Å². The topological polar surface area (TPSA) is 86.8 Å². The number of anilines is 1. The number of benzene rings is 2. The van der Waals surface area contributed by atoms with Gasteiger partial charge >= 0.3 is 0 Å². The van der Waals surface area contributed by atoms with E-state index in [9.17, 15) is 26.8 Å². The Morgan fingerprint density at radius 1 is 1.03 bits per heavy atom. The number of nitrogens with zero attached hydrogens (tertiary/aromatic N) is 2. The summed E-state index contributed by atoms with van der Waals surface area (Å²) < 4.78 is 53.4. The molecule has 0 saturated heterocycles. The Hall–Kier alpha value is -3.01. The summed E-state index contributed by atoms with van der Waals surface area (Å²) in [6, 6.07) is 9.81. The molecule has 0 spiro atoms. The van der Waals surface area contributed by atoms with E-state index in [1.807, 2.05) is 6.92 Å². The van der Waals surface area contributed by atoms with E-state index >= 15 is 0 Å². The molecule has 2 rings (SSSR count). The fourth-order valence-corrected chi connectivity index (χ4v) is 4.31. The van der Waals surface area contributed by atoms with E-state index in [4.69, 9.17) is 0 Å². The van der Waals surface area contributed by atoms with E-state index in [1.165, 1.54) is 47.4 Å². The highest BCUT2D eigenvalue weighted by molar-refractivity contribution is 7.92. The van der Waals surface area contributed by atoms with Crippen LogP contribution in [-0.4, -0.2) is 50.5 Å². The fourth-order valence-electron chi connectivity index (χ4n) is 3.46. The Bertz CT molecular complexity index is 1080. The molecule has 0 aromatic heterocycles. The van der Waals surface area contributed by atoms with Gasteiger partial charge in [0.15, 0.2) is 0 Å². The Morgan fingerprint density at radius 2 is 1.68 bits per heavy atom. The minimum atomic E-state index is -4.02. The maximum absolute atomic E-state index is 14.4. The van der Waals surface area contributed by atoms with Crippen molar-refractivity contribution in [1.29, 1.82) is 0 Å². The molecule has 0 radical (unpaired) electrons. The van der Waals surface area contributed by atoms with Crippen molar-refractivity contribution in [2.45, 2.75) is 45.7 Å². The molecule has 0 fully saturated rings. The number of para-hydroxylation sites is 1. The van der Waals surface area contributed by atoms with Crippen LogP contribution in [0.25, 0.3) is 0 Å². The molecule has 2 aromatic carbocycles. The summed E-state index contributed by atoms with van der Waals surface area (Å²) in [4.78, 5) is 27.6. The summed E-state index contributed by atoms with van der Waals surface area (Å²) in [7, 11) is -4.02. The predicted molar refractivity (Wildman–Crippen MR) is 128 cm³/mol. The molecular weight excluding hydrogens is 464 g/mol. The van der Waals surface area contributed by atoms with E-state index in [2.05, 4.69) is 5.32 Å². The summed E-state index contributed by atoms with van der Waals surface area (Å²) >= 11 is 0. The molecule has 7 nitrogen and oxygen atoms in total. The van der Waals surface area contributed by atoms with Gasteiger partial charge in [0, 0.05) is 13.1 Å². The lowest BCUT2D eigenvalue weighted by Gasteiger charge is -2.33. The number of halogens is 2. The van der Waals surface area contributed by atoms with Crippen LogP contribution in [0.15, 0.2) is 48.5 Å². The van der Waals surface area contributed by atoms with Gasteiger partial charge in [0.25, 0.3) is 0 Å². The quantitative estimate of drug-likeness (QED) is 0.457. The van der Waals surface area contributed by atoms with Crippen LogP contribution in [0, 0.1) is 11.6 Å². The average Bonchev–Trinajstić information content (AvgIpc) is 2.78. The van der Waals surface area contributed by atoms with Gasteiger partial charge in [-0.2, -0.15) is 0 Å². The predicted octanol–water partition coefficient (Wildman–Crippen LogP) is 3.45. The van der Waals surface area contributed by atoms with Gasteiger partial charge in [-0.3, -0.25) is 13.9 Å². The minimum Gasteiger partial charge on any atom is -0.354 e. The smallest absolute Gasteiger partial charge is 0.244 e. The highest BCUT2D eigenvalue weighted by Crippen LogP contribution is 2.22. The van der Waals surface area contributed by atoms with Gasteiger partial charge in [-0.25, -0.2) is 17.2 Å². The van der Waals surface area contributed by atoms with E-state index < -0.39 is 40.2 Å². The molecule has 2 amide bonds. The van der Waals surface area contributed by atoms with Gasteiger partial charge in [0.2, 0.25) is 21.8 Å². The summed E-state index contributed by atoms with van der Waals surface area (Å²) in [5.41, 5.74) is 0.298. The Labute approximate surface area is 199 Å². The highest BCUT2D eigenvalue weighted by atomic mass is 32.2. The van der Waals surface area contributed by atoms with Gasteiger partial charge in [-0.15, -0.1) is 0 Å². The molecule has 34 heavy (non-hydrogen) atoms. The maximum Gasteiger partial charge on any atom is 0.244 e. The number of hydrogen-bond acceptors (Lipinski definition) is 4. The molecule has 0 bridgehead atoms. The zero-order chi connectivity index (χ0) is 25.3. The Kier molecular flexibility index (Phi) is 9.97. The second kappa shape index (κ2) is 12.5. The first kappa shape index (κ1) is 27.2. The van der Waals surface area contributed by atoms with Crippen molar-refractivity contribution in [1.82, 2.24) is 10.2 Å². The van der Waals surface area contributed by atoms with Crippen molar-refractivity contribution >= 4 is 27.5 Å². The summed E-state index contributed by atoms with van der Waals surface area (Å²) in [5.74, 6) is -2.30. The van der Waals surface area contributed by atoms with Crippen LogP contribution < -0.4 is 9.62 Å². The molecule has 1 N–H and O–H groups in total. The molecule has 0 aliphatic rings. The zero-order valence-corrected chi connectivity index (χ0v) is 20.4. The molecule has 0 aliphatic carbocycles. The molecule has 2 aromatic rings. The number of nitrogens with one attached hydrogen (secondary N) is 1. The third kappa shape index (κ3) is 7.51. The van der Waals surface area contributed by atoms with Crippen molar-refractivity contribution in [2.24, 2.45) is 0 Å². The first-order valence-corrected chi connectivity index (χ1v) is 13.0. The largest absolute Gasteiger partial charge is 0.354 e. The van der Waals surface area contributed by atoms with Crippen molar-refractivity contribution < 1.29 is 26.8 Å². The van der Waals surface area contributed by atoms with E-state index in [0.29, 0.717) is 16.4 Å². The molecule has 0 saturated carbocycles. The van der Waals surface area contributed by atoms with Crippen molar-refractivity contribution in [2.75, 3.05) is 23.7 Å². The molecule has 1 atom stereocenters. The number of unbranched alkanes of at least 4 members (excludes halogenated alkanes) is 1. The summed E-state index contributed by atoms with van der Waals surface area (Å²) in [5, 5.41) is 2.80. The van der Waals surface area contributed by atoms with Crippen LogP contribution in [0.4, 0.5) is 14.5 Å². The van der Waals surface area contributed by atoms with Gasteiger partial charge in [-0.05, 0) is 42.7 Å². The number of amides is 2. The van der Waals surface area contributed by atoms with Crippen molar-refractivity contribution in [3.05, 3.63) is 65.7 Å². The number of carbonyl (C=O) groups is 2. The van der Waals surface area contributed by atoms with Crippen LogP contribution in [-0.2, 0) is 26.2 Å². The van der Waals surface area contributed by atoms with E-state index in [1.54, 1.807) is 6.92 Å². The lowest BCUT2D eigenvalue weighted by molar-refractivity contribution is -0.140. The van der Waals surface area contributed by atoms with Gasteiger partial charge < -0.3 is 10.2 Å². The molecule has 10 heteroatoms. The van der Waals surface area contributed by atoms with Gasteiger partial charge in [0.1, 0.15) is 24.2 Å². The SMILES string of the molecule is CCCCNC(=O)[C@@H](CC)N(Cc1ccc(F)cc1)C(=O)CN(c1ccccc1F)S(C)(=O)=O. The lowest BCUT2D eigenvalue weighted by Crippen LogP contribution is -2.52. The molecule has 0 unspecified atom stereocenters. The Morgan fingerprint density at radius 3 is 2.24 bits per heavy atom. The Balaban J connectivity index is 2.40. The van der Waals surface area contributed by atoms with Crippen LogP contribution in [0.1, 0.15) is 38.7 Å². The van der Waals surface area contributed by atoms with Crippen LogP contribution in [0.5, 0.6) is 0 Å².